The summed E-state index contributed by atoms with van der Waals surface area (Å²) < 4.78 is 2.71. The highest BCUT2D eigenvalue weighted by Crippen LogP contribution is 2.56. The predicted octanol–water partition coefficient (Wildman–Crippen LogP) is 4.46. The fourth-order valence-electron chi connectivity index (χ4n) is 5.70. The molecule has 0 radical (unpaired) electrons. The van der Waals surface area contributed by atoms with E-state index < -0.39 is 5.41 Å². The highest BCUT2D eigenvalue weighted by atomic mass is 79.9. The zero-order valence-electron chi connectivity index (χ0n) is 19.0. The summed E-state index contributed by atoms with van der Waals surface area (Å²) in [5.41, 5.74) is 9.34. The van der Waals surface area contributed by atoms with Gasteiger partial charge in [-0.05, 0) is 42.7 Å². The predicted molar refractivity (Wildman–Crippen MR) is 141 cm³/mol. The fourth-order valence-corrected chi connectivity index (χ4v) is 6.43. The Morgan fingerprint density at radius 2 is 1.91 bits per heavy atom. The van der Waals surface area contributed by atoms with Crippen LogP contribution in [0, 0.1) is 0 Å². The van der Waals surface area contributed by atoms with Gasteiger partial charge < -0.3 is 5.73 Å². The van der Waals surface area contributed by atoms with Gasteiger partial charge >= 0.3 is 0 Å². The molecule has 1 aliphatic carbocycles. The van der Waals surface area contributed by atoms with Crippen LogP contribution in [0.4, 0.5) is 11.5 Å². The van der Waals surface area contributed by atoms with Crippen molar-refractivity contribution < 1.29 is 4.79 Å². The number of anilines is 2. The van der Waals surface area contributed by atoms with E-state index in [9.17, 15) is 9.59 Å². The molecule has 0 unspecified atom stereocenters. The molecule has 0 saturated heterocycles. The Morgan fingerprint density at radius 1 is 1.14 bits per heavy atom. The van der Waals surface area contributed by atoms with Crippen molar-refractivity contribution >= 4 is 56.5 Å². The Balaban J connectivity index is 0.00000253. The van der Waals surface area contributed by atoms with Gasteiger partial charge in [-0.25, -0.2) is 5.10 Å². The Labute approximate surface area is 216 Å². The summed E-state index contributed by atoms with van der Waals surface area (Å²) in [4.78, 5) is 28.3. The first kappa shape index (κ1) is 23.7. The molecule has 0 atom stereocenters. The van der Waals surface area contributed by atoms with Crippen LogP contribution in [0.3, 0.4) is 0 Å². The van der Waals surface area contributed by atoms with Crippen molar-refractivity contribution in [1.82, 2.24) is 20.0 Å². The number of halogens is 2. The van der Waals surface area contributed by atoms with Gasteiger partial charge in [0.25, 0.3) is 5.56 Å². The summed E-state index contributed by atoms with van der Waals surface area (Å²) >= 11 is 3.73. The number of H-pyrrole nitrogens is 1. The van der Waals surface area contributed by atoms with Crippen LogP contribution >= 0.6 is 28.3 Å². The number of aryl methyl sites for hydroxylation is 1. The molecule has 1 fully saturated rings. The minimum absolute atomic E-state index is 0. The number of amides is 1. The monoisotopic (exact) mass is 554 g/mol. The molecule has 4 aromatic rings. The van der Waals surface area contributed by atoms with E-state index >= 15 is 0 Å². The number of nitrogens with two attached hydrogens (primary N) is 1. The van der Waals surface area contributed by atoms with Crippen molar-refractivity contribution in [3.63, 3.8) is 0 Å². The summed E-state index contributed by atoms with van der Waals surface area (Å²) in [6.07, 6.45) is 5.52. The number of hydrogen-bond acceptors (Lipinski definition) is 5. The lowest BCUT2D eigenvalue weighted by atomic mass is 9.80. The molecule has 2 aromatic heterocycles. The van der Waals surface area contributed by atoms with E-state index in [-0.39, 0.29) is 30.4 Å². The summed E-state index contributed by atoms with van der Waals surface area (Å²) in [6.45, 7) is 0.200. The first-order valence-electron chi connectivity index (χ1n) is 11.3. The molecule has 180 valence electrons. The molecule has 35 heavy (non-hydrogen) atoms. The molecule has 1 aliphatic heterocycles. The highest BCUT2D eigenvalue weighted by molar-refractivity contribution is 9.10. The summed E-state index contributed by atoms with van der Waals surface area (Å²) in [5.74, 6) is 0.804. The van der Waals surface area contributed by atoms with Gasteiger partial charge in [-0.2, -0.15) is 10.2 Å². The lowest BCUT2D eigenvalue weighted by Crippen LogP contribution is -2.37. The maximum atomic E-state index is 14.1. The summed E-state index contributed by atoms with van der Waals surface area (Å²) in [7, 11) is 1.85. The normalized spacial score (nSPS) is 16.2. The Bertz CT molecular complexity index is 1540. The standard InChI is InChI=1S/C25H23BrN6O2.ClH/c1-31-23(32-20-6-4-5-18(26)21(20)25(24(32)34)9-2-3-10-25)17(13-28-31)14-7-8-15-16(11-14)19(12-27)29-30-22(15)33;/h4-8,11,13H,2-3,9-10,12,27H2,1H3,(H,30,33);1H. The summed E-state index contributed by atoms with van der Waals surface area (Å²) in [6, 6.07) is 11.6. The quantitative estimate of drug-likeness (QED) is 0.388. The molecule has 1 spiro atoms. The maximum Gasteiger partial charge on any atom is 0.272 e. The SMILES string of the molecule is Cl.Cn1ncc(-c2ccc3c(=O)[nH]nc(CN)c3c2)c1N1C(=O)C2(CCCC2)c2c(Br)cccc21. The molecular weight excluding hydrogens is 532 g/mol. The molecular formula is C25H24BrClN6O2. The number of benzene rings is 2. The van der Waals surface area contributed by atoms with Crippen molar-refractivity contribution in [2.75, 3.05) is 4.90 Å². The van der Waals surface area contributed by atoms with E-state index in [0.717, 1.165) is 52.5 Å². The first-order valence-corrected chi connectivity index (χ1v) is 12.1. The average molecular weight is 556 g/mol. The van der Waals surface area contributed by atoms with Gasteiger partial charge in [0, 0.05) is 34.6 Å². The largest absolute Gasteiger partial charge is 0.325 e. The van der Waals surface area contributed by atoms with Crippen LogP contribution in [0.2, 0.25) is 0 Å². The van der Waals surface area contributed by atoms with E-state index in [1.54, 1.807) is 16.9 Å². The van der Waals surface area contributed by atoms with Crippen LogP contribution in [0.5, 0.6) is 0 Å². The molecule has 3 N–H and O–H groups in total. The number of carbonyl (C=O) groups is 1. The number of rotatable bonds is 3. The molecule has 0 bridgehead atoms. The zero-order chi connectivity index (χ0) is 23.6. The van der Waals surface area contributed by atoms with Crippen LogP contribution in [-0.2, 0) is 23.8 Å². The molecule has 2 aromatic carbocycles. The van der Waals surface area contributed by atoms with Gasteiger partial charge in [0.15, 0.2) is 0 Å². The smallest absolute Gasteiger partial charge is 0.272 e. The van der Waals surface area contributed by atoms with Gasteiger partial charge in [-0.3, -0.25) is 19.2 Å². The fraction of sp³-hybridized carbons (Fsp3) is 0.280. The molecule has 1 amide bonds. The third-order valence-corrected chi connectivity index (χ3v) is 7.93. The molecule has 1 saturated carbocycles. The minimum Gasteiger partial charge on any atom is -0.325 e. The van der Waals surface area contributed by atoms with E-state index in [1.165, 1.54) is 0 Å². The third-order valence-electron chi connectivity index (χ3n) is 7.27. The van der Waals surface area contributed by atoms with Crippen molar-refractivity contribution in [3.05, 3.63) is 68.7 Å². The van der Waals surface area contributed by atoms with Gasteiger partial charge in [-0.15, -0.1) is 12.4 Å². The van der Waals surface area contributed by atoms with Gasteiger partial charge in [0.05, 0.1) is 28.4 Å². The Morgan fingerprint density at radius 3 is 2.66 bits per heavy atom. The van der Waals surface area contributed by atoms with Crippen LogP contribution in [0.1, 0.15) is 36.9 Å². The number of aromatic amines is 1. The Kier molecular flexibility index (Phi) is 5.82. The number of nitrogens with zero attached hydrogens (tertiary/aromatic N) is 4. The van der Waals surface area contributed by atoms with E-state index in [1.807, 2.05) is 42.3 Å². The first-order chi connectivity index (χ1) is 16.5. The van der Waals surface area contributed by atoms with Crippen LogP contribution in [0.25, 0.3) is 21.9 Å². The van der Waals surface area contributed by atoms with Crippen molar-refractivity contribution in [3.8, 4) is 11.1 Å². The maximum absolute atomic E-state index is 14.1. The number of fused-ring (bicyclic) bond motifs is 3. The number of hydrogen-bond donors (Lipinski definition) is 2. The van der Waals surface area contributed by atoms with E-state index in [0.29, 0.717) is 22.3 Å². The third kappa shape index (κ3) is 3.29. The van der Waals surface area contributed by atoms with Gasteiger partial charge in [0.1, 0.15) is 5.82 Å². The van der Waals surface area contributed by atoms with Crippen LogP contribution in [-0.4, -0.2) is 25.9 Å². The van der Waals surface area contributed by atoms with Crippen molar-refractivity contribution in [2.45, 2.75) is 37.6 Å². The second-order valence-electron chi connectivity index (χ2n) is 9.03. The van der Waals surface area contributed by atoms with Gasteiger partial charge in [-0.1, -0.05) is 40.9 Å². The molecule has 2 aliphatic rings. The zero-order valence-corrected chi connectivity index (χ0v) is 21.4. The van der Waals surface area contributed by atoms with Crippen LogP contribution < -0.4 is 16.2 Å². The lowest BCUT2D eigenvalue weighted by molar-refractivity contribution is -0.122. The molecule has 6 rings (SSSR count). The average Bonchev–Trinajstić information content (AvgIpc) is 3.53. The number of aromatic nitrogens is 4. The van der Waals surface area contributed by atoms with Crippen LogP contribution in [0.15, 0.2) is 51.9 Å². The van der Waals surface area contributed by atoms with Crippen molar-refractivity contribution in [1.29, 1.82) is 0 Å². The Hall–Kier alpha value is -3.01. The van der Waals surface area contributed by atoms with E-state index in [2.05, 4.69) is 31.2 Å². The lowest BCUT2D eigenvalue weighted by Gasteiger charge is -2.24. The van der Waals surface area contributed by atoms with Gasteiger partial charge in [0.2, 0.25) is 5.91 Å². The second-order valence-corrected chi connectivity index (χ2v) is 9.89. The molecule has 8 nitrogen and oxygen atoms in total. The molecule has 3 heterocycles. The highest BCUT2D eigenvalue weighted by Gasteiger charge is 2.54. The number of carbonyl (C=O) groups excluding carboxylic acids is 1. The number of nitrogens with one attached hydrogen (secondary N) is 1. The molecule has 10 heteroatoms. The summed E-state index contributed by atoms with van der Waals surface area (Å²) in [5, 5.41) is 12.4. The van der Waals surface area contributed by atoms with E-state index in [4.69, 9.17) is 5.73 Å². The second kappa shape index (κ2) is 8.58. The van der Waals surface area contributed by atoms with Crippen molar-refractivity contribution in [2.24, 2.45) is 12.8 Å². The minimum atomic E-state index is -0.510. The topological polar surface area (TPSA) is 110 Å².